The van der Waals surface area contributed by atoms with E-state index in [0.29, 0.717) is 22.0 Å². The zero-order chi connectivity index (χ0) is 28.8. The molecule has 0 aromatic heterocycles. The first-order chi connectivity index (χ1) is 19.1. The van der Waals surface area contributed by atoms with Crippen molar-refractivity contribution in [3.05, 3.63) is 129 Å². The summed E-state index contributed by atoms with van der Waals surface area (Å²) in [4.78, 5) is 35.9. The summed E-state index contributed by atoms with van der Waals surface area (Å²) in [5.41, 5.74) is 3.88. The second-order valence-electron chi connectivity index (χ2n) is 9.57. The van der Waals surface area contributed by atoms with Crippen LogP contribution in [0, 0.1) is 0 Å². The summed E-state index contributed by atoms with van der Waals surface area (Å²) in [6.45, 7) is 1.92. The number of carbonyl (C=O) groups excluding carboxylic acids is 1. The van der Waals surface area contributed by atoms with Crippen LogP contribution in [0.25, 0.3) is 11.1 Å². The molecule has 40 heavy (non-hydrogen) atoms. The van der Waals surface area contributed by atoms with Crippen LogP contribution in [-0.4, -0.2) is 34.1 Å². The van der Waals surface area contributed by atoms with Crippen molar-refractivity contribution in [2.45, 2.75) is 31.7 Å². The average molecular weight is 576 g/mol. The van der Waals surface area contributed by atoms with Gasteiger partial charge in [-0.25, -0.2) is 9.59 Å². The second kappa shape index (κ2) is 12.8. The minimum absolute atomic E-state index is 0.100. The summed E-state index contributed by atoms with van der Waals surface area (Å²) in [5.74, 6) is -3.14. The van der Waals surface area contributed by atoms with Gasteiger partial charge in [0.15, 0.2) is 0 Å². The smallest absolute Gasteiger partial charge is 0.336 e. The van der Waals surface area contributed by atoms with Crippen molar-refractivity contribution in [1.82, 2.24) is 5.32 Å². The molecule has 8 heteroatoms. The van der Waals surface area contributed by atoms with Crippen molar-refractivity contribution in [1.29, 1.82) is 0 Å². The Balaban J connectivity index is 1.56. The Hall–Kier alpha value is -4.13. The van der Waals surface area contributed by atoms with Crippen molar-refractivity contribution in [3.63, 3.8) is 0 Å². The number of halogens is 2. The maximum atomic E-state index is 13.0. The Labute approximate surface area is 242 Å². The Kier molecular flexibility index (Phi) is 9.25. The highest BCUT2D eigenvalue weighted by Crippen LogP contribution is 2.30. The predicted octanol–water partition coefficient (Wildman–Crippen LogP) is 7.13. The third-order valence-electron chi connectivity index (χ3n) is 6.79. The molecule has 204 valence electrons. The molecule has 2 atom stereocenters. The van der Waals surface area contributed by atoms with E-state index in [2.05, 4.69) is 29.6 Å². The lowest BCUT2D eigenvalue weighted by molar-refractivity contribution is -0.121. The number of hydrogen-bond acceptors (Lipinski definition) is 3. The second-order valence-corrected chi connectivity index (χ2v) is 10.4. The fourth-order valence-corrected chi connectivity index (χ4v) is 5.03. The number of aromatic carboxylic acids is 2. The Morgan fingerprint density at radius 1 is 0.725 bits per heavy atom. The molecule has 0 heterocycles. The summed E-state index contributed by atoms with van der Waals surface area (Å²) < 4.78 is 0. The molecule has 0 fully saturated rings. The van der Waals surface area contributed by atoms with Crippen LogP contribution in [-0.2, 0) is 17.6 Å². The van der Waals surface area contributed by atoms with Crippen molar-refractivity contribution in [2.75, 3.05) is 0 Å². The number of carboxylic acid groups (broad SMARTS) is 2. The van der Waals surface area contributed by atoms with E-state index in [1.165, 1.54) is 18.2 Å². The zero-order valence-corrected chi connectivity index (χ0v) is 23.1. The lowest BCUT2D eigenvalue weighted by Gasteiger charge is -2.26. The van der Waals surface area contributed by atoms with Gasteiger partial charge in [-0.05, 0) is 65.4 Å². The maximum absolute atomic E-state index is 13.0. The summed E-state index contributed by atoms with van der Waals surface area (Å²) in [5, 5.41) is 22.6. The standard InChI is InChI=1S/C32H27Cl2NO5/c1-19(35-30(36)18-21-7-13-25(31(37)38)27(16-21)32(39)40)26(15-20-8-14-28(33)29(34)17-20)24-11-9-23(10-12-24)22-5-3-2-4-6-22/h2-14,16-17,19,26H,15,18H2,1H3,(H,35,36)(H,37,38)(H,39,40). The molecule has 0 radical (unpaired) electrons. The molecule has 0 saturated carbocycles. The Morgan fingerprint density at radius 3 is 1.98 bits per heavy atom. The fraction of sp³-hybridized carbons (Fsp3) is 0.156. The van der Waals surface area contributed by atoms with Gasteiger partial charge in [0.25, 0.3) is 0 Å². The van der Waals surface area contributed by atoms with E-state index in [9.17, 15) is 24.6 Å². The number of nitrogens with one attached hydrogen (secondary N) is 1. The number of benzene rings is 4. The largest absolute Gasteiger partial charge is 0.478 e. The first-order valence-corrected chi connectivity index (χ1v) is 13.4. The molecule has 0 bridgehead atoms. The first-order valence-electron chi connectivity index (χ1n) is 12.6. The van der Waals surface area contributed by atoms with Crippen LogP contribution in [0.1, 0.15) is 50.2 Å². The maximum Gasteiger partial charge on any atom is 0.336 e. The van der Waals surface area contributed by atoms with Crippen molar-refractivity contribution < 1.29 is 24.6 Å². The van der Waals surface area contributed by atoms with Gasteiger partial charge in [-0.15, -0.1) is 0 Å². The molecule has 3 N–H and O–H groups in total. The highest BCUT2D eigenvalue weighted by molar-refractivity contribution is 6.42. The summed E-state index contributed by atoms with van der Waals surface area (Å²) in [6.07, 6.45) is 0.483. The minimum atomic E-state index is -1.37. The third-order valence-corrected chi connectivity index (χ3v) is 7.53. The molecule has 0 aliphatic rings. The van der Waals surface area contributed by atoms with Crippen LogP contribution in [0.5, 0.6) is 0 Å². The molecule has 6 nitrogen and oxygen atoms in total. The Bertz CT molecular complexity index is 1540. The molecular weight excluding hydrogens is 549 g/mol. The zero-order valence-electron chi connectivity index (χ0n) is 21.6. The van der Waals surface area contributed by atoms with Gasteiger partial charge in [-0.3, -0.25) is 4.79 Å². The van der Waals surface area contributed by atoms with Crippen LogP contribution < -0.4 is 5.32 Å². The minimum Gasteiger partial charge on any atom is -0.478 e. The van der Waals surface area contributed by atoms with E-state index in [-0.39, 0.29) is 35.4 Å². The van der Waals surface area contributed by atoms with E-state index in [0.717, 1.165) is 22.3 Å². The summed E-state index contributed by atoms with van der Waals surface area (Å²) in [6, 6.07) is 27.3. The van der Waals surface area contributed by atoms with Crippen LogP contribution >= 0.6 is 23.2 Å². The van der Waals surface area contributed by atoms with Crippen molar-refractivity contribution >= 4 is 41.0 Å². The topological polar surface area (TPSA) is 104 Å². The molecule has 2 unspecified atom stereocenters. The third kappa shape index (κ3) is 7.08. The molecule has 0 spiro atoms. The molecule has 4 aromatic carbocycles. The van der Waals surface area contributed by atoms with Gasteiger partial charge in [0.05, 0.1) is 27.6 Å². The van der Waals surface area contributed by atoms with Crippen LogP contribution in [0.4, 0.5) is 0 Å². The van der Waals surface area contributed by atoms with E-state index in [4.69, 9.17) is 23.2 Å². The van der Waals surface area contributed by atoms with Crippen molar-refractivity contribution in [3.8, 4) is 11.1 Å². The number of rotatable bonds is 10. The van der Waals surface area contributed by atoms with Crippen LogP contribution in [0.15, 0.2) is 91.0 Å². The Morgan fingerprint density at radius 2 is 1.35 bits per heavy atom. The van der Waals surface area contributed by atoms with Gasteiger partial charge in [0.1, 0.15) is 0 Å². The van der Waals surface area contributed by atoms with Crippen LogP contribution in [0.2, 0.25) is 10.0 Å². The fourth-order valence-electron chi connectivity index (χ4n) is 4.71. The average Bonchev–Trinajstić information content (AvgIpc) is 2.94. The first kappa shape index (κ1) is 28.9. The van der Waals surface area contributed by atoms with Gasteiger partial charge < -0.3 is 15.5 Å². The highest BCUT2D eigenvalue weighted by atomic mass is 35.5. The molecule has 0 aliphatic heterocycles. The number of carbonyl (C=O) groups is 3. The number of carboxylic acids is 2. The van der Waals surface area contributed by atoms with E-state index >= 15 is 0 Å². The van der Waals surface area contributed by atoms with E-state index in [1.807, 2.05) is 49.4 Å². The van der Waals surface area contributed by atoms with Gasteiger partial charge in [0.2, 0.25) is 5.91 Å². The highest BCUT2D eigenvalue weighted by Gasteiger charge is 2.23. The normalized spacial score (nSPS) is 12.4. The lowest BCUT2D eigenvalue weighted by atomic mass is 9.85. The molecular formula is C32H27Cl2NO5. The van der Waals surface area contributed by atoms with Crippen molar-refractivity contribution in [2.24, 2.45) is 0 Å². The van der Waals surface area contributed by atoms with Gasteiger partial charge in [-0.1, -0.05) is 89.9 Å². The monoisotopic (exact) mass is 575 g/mol. The van der Waals surface area contributed by atoms with E-state index in [1.54, 1.807) is 6.07 Å². The molecule has 4 aromatic rings. The molecule has 4 rings (SSSR count). The summed E-state index contributed by atoms with van der Waals surface area (Å²) >= 11 is 12.4. The quantitative estimate of drug-likeness (QED) is 0.186. The number of hydrogen-bond donors (Lipinski definition) is 3. The lowest BCUT2D eigenvalue weighted by Crippen LogP contribution is -2.38. The number of amides is 1. The SMILES string of the molecule is CC(NC(=O)Cc1ccc(C(=O)O)c(C(=O)O)c1)C(Cc1ccc(Cl)c(Cl)c1)c1ccc(-c2ccccc2)cc1. The van der Waals surface area contributed by atoms with Crippen LogP contribution in [0.3, 0.4) is 0 Å². The van der Waals surface area contributed by atoms with Gasteiger partial charge in [0, 0.05) is 12.0 Å². The molecule has 1 amide bonds. The summed E-state index contributed by atoms with van der Waals surface area (Å²) in [7, 11) is 0. The van der Waals surface area contributed by atoms with E-state index < -0.39 is 11.9 Å². The molecule has 0 saturated heterocycles. The van der Waals surface area contributed by atoms with Gasteiger partial charge in [-0.2, -0.15) is 0 Å². The predicted molar refractivity (Wildman–Crippen MR) is 156 cm³/mol. The van der Waals surface area contributed by atoms with Gasteiger partial charge >= 0.3 is 11.9 Å². The molecule has 0 aliphatic carbocycles.